The molecule has 4 heteroatoms. The SMILES string of the molecule is Cc1ccc(OCCCCOc2ccccc2N)cc1N. The fourth-order valence-corrected chi connectivity index (χ4v) is 1.90. The Morgan fingerprint density at radius 1 is 0.857 bits per heavy atom. The highest BCUT2D eigenvalue weighted by Crippen LogP contribution is 2.20. The van der Waals surface area contributed by atoms with Crippen LogP contribution in [-0.4, -0.2) is 13.2 Å². The Balaban J connectivity index is 1.64. The Morgan fingerprint density at radius 3 is 2.29 bits per heavy atom. The topological polar surface area (TPSA) is 70.5 Å². The zero-order valence-corrected chi connectivity index (χ0v) is 12.3. The van der Waals surface area contributed by atoms with Crippen LogP contribution in [0.25, 0.3) is 0 Å². The van der Waals surface area contributed by atoms with E-state index in [4.69, 9.17) is 20.9 Å². The molecule has 0 saturated carbocycles. The molecule has 0 saturated heterocycles. The Labute approximate surface area is 125 Å². The van der Waals surface area contributed by atoms with Crippen LogP contribution in [0.5, 0.6) is 11.5 Å². The molecular weight excluding hydrogens is 264 g/mol. The molecular formula is C17H22N2O2. The minimum Gasteiger partial charge on any atom is -0.494 e. The summed E-state index contributed by atoms with van der Waals surface area (Å²) >= 11 is 0. The van der Waals surface area contributed by atoms with Crippen LogP contribution >= 0.6 is 0 Å². The molecule has 21 heavy (non-hydrogen) atoms. The summed E-state index contributed by atoms with van der Waals surface area (Å²) in [6.45, 7) is 3.26. The second kappa shape index (κ2) is 7.43. The highest BCUT2D eigenvalue weighted by atomic mass is 16.5. The Bertz CT molecular complexity index is 585. The first-order chi connectivity index (χ1) is 10.2. The molecule has 0 aliphatic heterocycles. The van der Waals surface area contributed by atoms with Crippen molar-refractivity contribution in [3.8, 4) is 11.5 Å². The Kier molecular flexibility index (Phi) is 5.32. The number of unbranched alkanes of at least 4 members (excludes halogenated alkanes) is 1. The summed E-state index contributed by atoms with van der Waals surface area (Å²) in [5.74, 6) is 1.55. The number of anilines is 2. The summed E-state index contributed by atoms with van der Waals surface area (Å²) in [5.41, 5.74) is 14.1. The summed E-state index contributed by atoms with van der Waals surface area (Å²) in [6.07, 6.45) is 1.83. The molecule has 0 aliphatic carbocycles. The van der Waals surface area contributed by atoms with E-state index in [2.05, 4.69) is 0 Å². The van der Waals surface area contributed by atoms with E-state index in [0.717, 1.165) is 35.6 Å². The third-order valence-electron chi connectivity index (χ3n) is 3.23. The number of ether oxygens (including phenoxy) is 2. The predicted octanol–water partition coefficient (Wildman–Crippen LogP) is 3.40. The van der Waals surface area contributed by atoms with Gasteiger partial charge in [-0.2, -0.15) is 0 Å². The standard InChI is InChI=1S/C17H22N2O2/c1-13-8-9-14(12-16(13)19)20-10-4-5-11-21-17-7-3-2-6-15(17)18/h2-3,6-9,12H,4-5,10-11,18-19H2,1H3. The number of nitrogens with two attached hydrogens (primary N) is 2. The molecule has 0 fully saturated rings. The van der Waals surface area contributed by atoms with E-state index in [1.165, 1.54) is 0 Å². The lowest BCUT2D eigenvalue weighted by atomic mass is 10.2. The Morgan fingerprint density at radius 2 is 1.57 bits per heavy atom. The zero-order chi connectivity index (χ0) is 15.1. The van der Waals surface area contributed by atoms with Crippen molar-refractivity contribution in [1.29, 1.82) is 0 Å². The molecule has 112 valence electrons. The van der Waals surface area contributed by atoms with E-state index >= 15 is 0 Å². The maximum absolute atomic E-state index is 5.84. The van der Waals surface area contributed by atoms with Gasteiger partial charge in [-0.05, 0) is 43.5 Å². The van der Waals surface area contributed by atoms with Crippen LogP contribution in [0.3, 0.4) is 0 Å². The van der Waals surface area contributed by atoms with Gasteiger partial charge in [-0.25, -0.2) is 0 Å². The number of benzene rings is 2. The second-order valence-corrected chi connectivity index (χ2v) is 4.96. The van der Waals surface area contributed by atoms with Crippen LogP contribution < -0.4 is 20.9 Å². The summed E-state index contributed by atoms with van der Waals surface area (Å²) in [4.78, 5) is 0. The number of hydrogen-bond acceptors (Lipinski definition) is 4. The highest BCUT2D eigenvalue weighted by Gasteiger charge is 2.00. The van der Waals surface area contributed by atoms with Gasteiger partial charge in [0.15, 0.2) is 0 Å². The first-order valence-electron chi connectivity index (χ1n) is 7.13. The van der Waals surface area contributed by atoms with Crippen LogP contribution in [0.4, 0.5) is 11.4 Å². The molecule has 2 aromatic rings. The number of aryl methyl sites for hydroxylation is 1. The molecule has 0 atom stereocenters. The molecule has 0 aliphatic rings. The zero-order valence-electron chi connectivity index (χ0n) is 12.3. The van der Waals surface area contributed by atoms with Crippen molar-refractivity contribution >= 4 is 11.4 Å². The lowest BCUT2D eigenvalue weighted by Gasteiger charge is -2.10. The largest absolute Gasteiger partial charge is 0.494 e. The predicted molar refractivity (Wildman–Crippen MR) is 86.7 cm³/mol. The normalized spacial score (nSPS) is 10.3. The molecule has 4 N–H and O–H groups in total. The van der Waals surface area contributed by atoms with Crippen molar-refractivity contribution in [3.05, 3.63) is 48.0 Å². The summed E-state index contributed by atoms with van der Waals surface area (Å²) in [6, 6.07) is 13.3. The van der Waals surface area contributed by atoms with Crippen LogP contribution in [0.15, 0.2) is 42.5 Å². The van der Waals surface area contributed by atoms with E-state index in [1.807, 2.05) is 49.4 Å². The van der Waals surface area contributed by atoms with Gasteiger partial charge in [-0.15, -0.1) is 0 Å². The molecule has 2 rings (SSSR count). The first-order valence-corrected chi connectivity index (χ1v) is 7.13. The molecule has 0 heterocycles. The maximum Gasteiger partial charge on any atom is 0.142 e. The average molecular weight is 286 g/mol. The molecule has 0 amide bonds. The molecule has 0 bridgehead atoms. The van der Waals surface area contributed by atoms with Gasteiger partial charge in [0, 0.05) is 11.8 Å². The van der Waals surface area contributed by atoms with Gasteiger partial charge in [0.2, 0.25) is 0 Å². The molecule has 0 spiro atoms. The minimum atomic E-state index is 0.633. The van der Waals surface area contributed by atoms with E-state index in [9.17, 15) is 0 Å². The molecule has 4 nitrogen and oxygen atoms in total. The third-order valence-corrected chi connectivity index (χ3v) is 3.23. The van der Waals surface area contributed by atoms with E-state index < -0.39 is 0 Å². The Hall–Kier alpha value is -2.36. The molecule has 0 radical (unpaired) electrons. The van der Waals surface area contributed by atoms with Crippen molar-refractivity contribution < 1.29 is 9.47 Å². The molecule has 2 aromatic carbocycles. The summed E-state index contributed by atoms with van der Waals surface area (Å²) in [5, 5.41) is 0. The van der Waals surface area contributed by atoms with Crippen molar-refractivity contribution in [3.63, 3.8) is 0 Å². The van der Waals surface area contributed by atoms with Gasteiger partial charge in [-0.1, -0.05) is 18.2 Å². The number of hydrogen-bond donors (Lipinski definition) is 2. The van der Waals surface area contributed by atoms with Crippen molar-refractivity contribution in [2.24, 2.45) is 0 Å². The maximum atomic E-state index is 5.84. The first kappa shape index (κ1) is 15.0. The monoisotopic (exact) mass is 286 g/mol. The van der Waals surface area contributed by atoms with E-state index in [1.54, 1.807) is 0 Å². The van der Waals surface area contributed by atoms with Gasteiger partial charge in [0.25, 0.3) is 0 Å². The minimum absolute atomic E-state index is 0.633. The van der Waals surface area contributed by atoms with Crippen LogP contribution in [0.1, 0.15) is 18.4 Å². The van der Waals surface area contributed by atoms with Crippen molar-refractivity contribution in [2.75, 3.05) is 24.7 Å². The van der Waals surface area contributed by atoms with Crippen LogP contribution in [0.2, 0.25) is 0 Å². The van der Waals surface area contributed by atoms with Crippen LogP contribution in [0, 0.1) is 6.92 Å². The van der Waals surface area contributed by atoms with Crippen molar-refractivity contribution in [2.45, 2.75) is 19.8 Å². The number of nitrogen functional groups attached to an aromatic ring is 2. The van der Waals surface area contributed by atoms with E-state index in [0.29, 0.717) is 18.9 Å². The fourth-order valence-electron chi connectivity index (χ4n) is 1.90. The van der Waals surface area contributed by atoms with Crippen LogP contribution in [-0.2, 0) is 0 Å². The molecule has 0 aromatic heterocycles. The number of para-hydroxylation sites is 2. The summed E-state index contributed by atoms with van der Waals surface area (Å²) < 4.78 is 11.3. The van der Waals surface area contributed by atoms with Gasteiger partial charge in [-0.3, -0.25) is 0 Å². The smallest absolute Gasteiger partial charge is 0.142 e. The van der Waals surface area contributed by atoms with Gasteiger partial charge < -0.3 is 20.9 Å². The van der Waals surface area contributed by atoms with Gasteiger partial charge in [0.1, 0.15) is 11.5 Å². The van der Waals surface area contributed by atoms with E-state index in [-0.39, 0.29) is 0 Å². The quantitative estimate of drug-likeness (QED) is 0.604. The molecule has 0 unspecified atom stereocenters. The highest BCUT2D eigenvalue weighted by molar-refractivity contribution is 5.52. The third kappa shape index (κ3) is 4.60. The van der Waals surface area contributed by atoms with Gasteiger partial charge in [0.05, 0.1) is 18.9 Å². The average Bonchev–Trinajstić information content (AvgIpc) is 2.48. The second-order valence-electron chi connectivity index (χ2n) is 4.96. The lowest BCUT2D eigenvalue weighted by Crippen LogP contribution is -2.04. The fraction of sp³-hybridized carbons (Fsp3) is 0.294. The van der Waals surface area contributed by atoms with Gasteiger partial charge >= 0.3 is 0 Å². The lowest BCUT2D eigenvalue weighted by molar-refractivity contribution is 0.267. The number of rotatable bonds is 7. The van der Waals surface area contributed by atoms with Crippen molar-refractivity contribution in [1.82, 2.24) is 0 Å². The summed E-state index contributed by atoms with van der Waals surface area (Å²) in [7, 11) is 0.